The van der Waals surface area contributed by atoms with Crippen LogP contribution in [0.25, 0.3) is 0 Å². The standard InChI is InChI=1S/C28H32ClN3O5/c1-17-16-28-22(21(27(17,2)37-28)24(34)30-18-10-4-3-5-11-18)26(36)32(14-8-9-15-33)23(28)25(35)31-20-13-7-6-12-19(20)29/h3-7,10-13,17,21-23,33H,8-9,14-16H2,1-2H3,(H,30,34)(H,31,35)/t17?,21-,22-,23?,27+,28?/m0/s1. The Morgan fingerprint density at radius 2 is 1.78 bits per heavy atom. The van der Waals surface area contributed by atoms with Gasteiger partial charge in [0.15, 0.2) is 0 Å². The minimum Gasteiger partial charge on any atom is -0.396 e. The predicted molar refractivity (Wildman–Crippen MR) is 140 cm³/mol. The Morgan fingerprint density at radius 3 is 2.49 bits per heavy atom. The molecule has 0 radical (unpaired) electrons. The highest BCUT2D eigenvalue weighted by Crippen LogP contribution is 2.65. The highest BCUT2D eigenvalue weighted by atomic mass is 35.5. The first-order chi connectivity index (χ1) is 17.7. The van der Waals surface area contributed by atoms with Crippen molar-refractivity contribution < 1.29 is 24.2 Å². The van der Waals surface area contributed by atoms with Crippen LogP contribution in [0.3, 0.4) is 0 Å². The van der Waals surface area contributed by atoms with E-state index in [1.165, 1.54) is 0 Å². The smallest absolute Gasteiger partial charge is 0.250 e. The summed E-state index contributed by atoms with van der Waals surface area (Å²) in [5.41, 5.74) is -0.964. The van der Waals surface area contributed by atoms with Gasteiger partial charge in [0, 0.05) is 18.8 Å². The third kappa shape index (κ3) is 4.11. The summed E-state index contributed by atoms with van der Waals surface area (Å²) >= 11 is 6.31. The summed E-state index contributed by atoms with van der Waals surface area (Å²) in [7, 11) is 0. The summed E-state index contributed by atoms with van der Waals surface area (Å²) in [6, 6.07) is 15.1. The molecule has 3 saturated heterocycles. The van der Waals surface area contributed by atoms with Gasteiger partial charge in [0.25, 0.3) is 0 Å². The number of aliphatic hydroxyl groups excluding tert-OH is 1. The number of nitrogens with zero attached hydrogens (tertiary/aromatic N) is 1. The molecule has 9 heteroatoms. The molecule has 3 aliphatic rings. The zero-order valence-corrected chi connectivity index (χ0v) is 21.7. The van der Waals surface area contributed by atoms with Crippen molar-refractivity contribution in [2.75, 3.05) is 23.8 Å². The maximum absolute atomic E-state index is 14.0. The molecule has 3 aliphatic heterocycles. The van der Waals surface area contributed by atoms with Gasteiger partial charge in [0.05, 0.1) is 28.1 Å². The lowest BCUT2D eigenvalue weighted by atomic mass is 9.62. The molecule has 2 aromatic carbocycles. The summed E-state index contributed by atoms with van der Waals surface area (Å²) in [4.78, 5) is 43.1. The second-order valence-electron chi connectivity index (χ2n) is 10.5. The Labute approximate surface area is 221 Å². The molecule has 0 saturated carbocycles. The number of halogens is 1. The number of carbonyl (C=O) groups is 3. The minimum atomic E-state index is -1.14. The van der Waals surface area contributed by atoms with Gasteiger partial charge in [-0.3, -0.25) is 14.4 Å². The lowest BCUT2D eigenvalue weighted by Crippen LogP contribution is -2.54. The van der Waals surface area contributed by atoms with Crippen molar-refractivity contribution >= 4 is 40.7 Å². The minimum absolute atomic E-state index is 0.0131. The number of aliphatic hydroxyl groups is 1. The summed E-state index contributed by atoms with van der Waals surface area (Å²) < 4.78 is 6.70. The van der Waals surface area contributed by atoms with Gasteiger partial charge >= 0.3 is 0 Å². The van der Waals surface area contributed by atoms with E-state index in [1.807, 2.05) is 32.0 Å². The lowest BCUT2D eigenvalue weighted by molar-refractivity contribution is -0.144. The molecule has 2 bridgehead atoms. The summed E-state index contributed by atoms with van der Waals surface area (Å²) in [5.74, 6) is -2.57. The number of carbonyl (C=O) groups excluding carboxylic acids is 3. The van der Waals surface area contributed by atoms with Crippen molar-refractivity contribution in [3.05, 3.63) is 59.6 Å². The van der Waals surface area contributed by atoms with Crippen LogP contribution in [0.2, 0.25) is 5.02 Å². The van der Waals surface area contributed by atoms with E-state index in [1.54, 1.807) is 41.3 Å². The van der Waals surface area contributed by atoms with Crippen LogP contribution in [0.1, 0.15) is 33.1 Å². The summed E-state index contributed by atoms with van der Waals surface area (Å²) in [5, 5.41) is 15.6. The zero-order chi connectivity index (χ0) is 26.4. The molecule has 3 unspecified atom stereocenters. The first-order valence-corrected chi connectivity index (χ1v) is 13.1. The lowest BCUT2D eigenvalue weighted by Gasteiger charge is -2.36. The topological polar surface area (TPSA) is 108 Å². The van der Waals surface area contributed by atoms with Gasteiger partial charge in [-0.25, -0.2) is 0 Å². The van der Waals surface area contributed by atoms with Gasteiger partial charge in [0.1, 0.15) is 11.6 Å². The molecule has 3 fully saturated rings. The van der Waals surface area contributed by atoms with E-state index < -0.39 is 35.0 Å². The number of benzene rings is 2. The highest BCUT2D eigenvalue weighted by molar-refractivity contribution is 6.33. The van der Waals surface area contributed by atoms with Crippen molar-refractivity contribution in [3.8, 4) is 0 Å². The molecule has 8 nitrogen and oxygen atoms in total. The average Bonchev–Trinajstić information content (AvgIpc) is 3.38. The first kappa shape index (κ1) is 25.7. The fraction of sp³-hybridized carbons (Fsp3) is 0.464. The Bertz CT molecular complexity index is 1210. The van der Waals surface area contributed by atoms with Gasteiger partial charge in [0.2, 0.25) is 17.7 Å². The van der Waals surface area contributed by atoms with Gasteiger partial charge < -0.3 is 25.4 Å². The number of hydrogen-bond donors (Lipinski definition) is 3. The van der Waals surface area contributed by atoms with Crippen LogP contribution in [-0.4, -0.2) is 58.1 Å². The predicted octanol–water partition coefficient (Wildman–Crippen LogP) is 3.70. The molecule has 2 aromatic rings. The second-order valence-corrected chi connectivity index (χ2v) is 10.9. The normalized spacial score (nSPS) is 31.9. The highest BCUT2D eigenvalue weighted by Gasteiger charge is 2.79. The van der Waals surface area contributed by atoms with Crippen LogP contribution in [0, 0.1) is 17.8 Å². The molecular weight excluding hydrogens is 494 g/mol. The maximum Gasteiger partial charge on any atom is 0.250 e. The quantitative estimate of drug-likeness (QED) is 0.455. The third-order valence-electron chi connectivity index (χ3n) is 8.33. The van der Waals surface area contributed by atoms with Crippen molar-refractivity contribution in [2.45, 2.75) is 50.4 Å². The number of amides is 3. The van der Waals surface area contributed by atoms with Crippen LogP contribution in [0.15, 0.2) is 54.6 Å². The molecule has 0 aromatic heterocycles. The van der Waals surface area contributed by atoms with Gasteiger partial charge in [-0.1, -0.05) is 48.9 Å². The number of fused-ring (bicyclic) bond motifs is 1. The molecule has 5 rings (SSSR count). The van der Waals surface area contributed by atoms with Gasteiger partial charge in [-0.05, 0) is 56.4 Å². The molecule has 6 atom stereocenters. The molecule has 37 heavy (non-hydrogen) atoms. The summed E-state index contributed by atoms with van der Waals surface area (Å²) in [6.45, 7) is 4.16. The molecular formula is C28H32ClN3O5. The number of para-hydroxylation sites is 2. The van der Waals surface area contributed by atoms with Crippen molar-refractivity contribution in [2.24, 2.45) is 17.8 Å². The first-order valence-electron chi connectivity index (χ1n) is 12.8. The van der Waals surface area contributed by atoms with E-state index >= 15 is 0 Å². The molecule has 1 spiro atoms. The number of anilines is 2. The SMILES string of the molecule is CC1CC23O[C@@]1(C)[C@H](C(=O)Nc1ccccc1)[C@H]2C(=O)N(CCCCO)C3C(=O)Nc1ccccc1Cl. The number of ether oxygens (including phenoxy) is 1. The fourth-order valence-corrected chi connectivity index (χ4v) is 6.76. The second kappa shape index (κ2) is 9.74. The van der Waals surface area contributed by atoms with E-state index in [0.717, 1.165) is 0 Å². The van der Waals surface area contributed by atoms with Crippen LogP contribution < -0.4 is 10.6 Å². The average molecular weight is 526 g/mol. The Balaban J connectivity index is 1.52. The van der Waals surface area contributed by atoms with E-state index in [-0.39, 0.29) is 30.9 Å². The molecule has 0 aliphatic carbocycles. The van der Waals surface area contributed by atoms with Gasteiger partial charge in [-0.15, -0.1) is 0 Å². The number of nitrogens with one attached hydrogen (secondary N) is 2. The molecule has 3 N–H and O–H groups in total. The van der Waals surface area contributed by atoms with E-state index in [0.29, 0.717) is 35.7 Å². The number of likely N-dealkylation sites (tertiary alicyclic amines) is 1. The fourth-order valence-electron chi connectivity index (χ4n) is 6.58. The number of hydrogen-bond acceptors (Lipinski definition) is 5. The molecule has 3 heterocycles. The largest absolute Gasteiger partial charge is 0.396 e. The Morgan fingerprint density at radius 1 is 1.08 bits per heavy atom. The van der Waals surface area contributed by atoms with Crippen LogP contribution >= 0.6 is 11.6 Å². The zero-order valence-electron chi connectivity index (χ0n) is 20.9. The van der Waals surface area contributed by atoms with Crippen LogP contribution in [-0.2, 0) is 19.1 Å². The Kier molecular flexibility index (Phi) is 6.77. The monoisotopic (exact) mass is 525 g/mol. The van der Waals surface area contributed by atoms with Crippen LogP contribution in [0.5, 0.6) is 0 Å². The number of unbranched alkanes of at least 4 members (excludes halogenated alkanes) is 1. The van der Waals surface area contributed by atoms with Crippen molar-refractivity contribution in [3.63, 3.8) is 0 Å². The molecule has 3 amide bonds. The third-order valence-corrected chi connectivity index (χ3v) is 8.66. The van der Waals surface area contributed by atoms with E-state index in [4.69, 9.17) is 16.3 Å². The van der Waals surface area contributed by atoms with E-state index in [9.17, 15) is 19.5 Å². The van der Waals surface area contributed by atoms with Gasteiger partial charge in [-0.2, -0.15) is 0 Å². The molecule has 196 valence electrons. The van der Waals surface area contributed by atoms with E-state index in [2.05, 4.69) is 10.6 Å². The van der Waals surface area contributed by atoms with Crippen LogP contribution in [0.4, 0.5) is 11.4 Å². The Hall–Kier alpha value is -2.94. The summed E-state index contributed by atoms with van der Waals surface area (Å²) in [6.07, 6.45) is 1.49. The van der Waals surface area contributed by atoms with Crippen molar-refractivity contribution in [1.82, 2.24) is 4.90 Å². The maximum atomic E-state index is 14.0. The van der Waals surface area contributed by atoms with Crippen molar-refractivity contribution in [1.29, 1.82) is 0 Å². The number of rotatable bonds is 8.